The summed E-state index contributed by atoms with van der Waals surface area (Å²) in [4.78, 5) is 12.8. The van der Waals surface area contributed by atoms with Crippen LogP contribution in [0.5, 0.6) is 34.5 Å². The van der Waals surface area contributed by atoms with E-state index >= 15 is 0 Å². The van der Waals surface area contributed by atoms with Crippen molar-refractivity contribution in [3.05, 3.63) is 23.3 Å². The third-order valence-corrected chi connectivity index (χ3v) is 6.95. The second-order valence-corrected chi connectivity index (χ2v) is 9.34. The smallest absolute Gasteiger partial charge is 0.308 e. The van der Waals surface area contributed by atoms with Gasteiger partial charge in [-0.1, -0.05) is 27.7 Å². The molecule has 0 aromatic heterocycles. The SMILES string of the molecule is COc1cc2c(c(OC)c1OC)-c1c(cc3c(c1OC)OCO3)[C@H](OC(=O)C(C)C)[C@H](C)C(C)C2. The number of ether oxygens (including phenoxy) is 7. The zero-order valence-corrected chi connectivity index (χ0v) is 21.6. The summed E-state index contributed by atoms with van der Waals surface area (Å²) >= 11 is 0. The molecule has 35 heavy (non-hydrogen) atoms. The third-order valence-electron chi connectivity index (χ3n) is 6.95. The Morgan fingerprint density at radius 2 is 1.60 bits per heavy atom. The number of esters is 1. The maximum Gasteiger partial charge on any atom is 0.308 e. The number of carbonyl (C=O) groups excluding carboxylic acids is 1. The number of hydrogen-bond acceptors (Lipinski definition) is 8. The third kappa shape index (κ3) is 4.09. The van der Waals surface area contributed by atoms with Crippen LogP contribution in [0.4, 0.5) is 0 Å². The highest BCUT2D eigenvalue weighted by Gasteiger charge is 2.40. The number of rotatable bonds is 6. The molecule has 2 aromatic carbocycles. The second kappa shape index (κ2) is 9.76. The fourth-order valence-corrected chi connectivity index (χ4v) is 4.90. The average Bonchev–Trinajstić information content (AvgIpc) is 3.32. The van der Waals surface area contributed by atoms with E-state index in [-0.39, 0.29) is 30.5 Å². The molecule has 0 radical (unpaired) electrons. The largest absolute Gasteiger partial charge is 0.493 e. The molecule has 8 heteroatoms. The number of methoxy groups -OCH3 is 4. The van der Waals surface area contributed by atoms with Gasteiger partial charge in [0.05, 0.1) is 34.4 Å². The minimum absolute atomic E-state index is 0.00577. The molecule has 0 fully saturated rings. The summed E-state index contributed by atoms with van der Waals surface area (Å²) in [5, 5.41) is 0. The fourth-order valence-electron chi connectivity index (χ4n) is 4.90. The molecule has 1 heterocycles. The highest BCUT2D eigenvalue weighted by atomic mass is 16.7. The van der Waals surface area contributed by atoms with Crippen molar-refractivity contribution in [1.29, 1.82) is 0 Å². The highest BCUT2D eigenvalue weighted by Crippen LogP contribution is 2.58. The van der Waals surface area contributed by atoms with Crippen molar-refractivity contribution in [2.45, 2.75) is 40.2 Å². The molecule has 0 bridgehead atoms. The molecule has 8 nitrogen and oxygen atoms in total. The lowest BCUT2D eigenvalue weighted by Crippen LogP contribution is -2.28. The number of carbonyl (C=O) groups is 1. The molecule has 2 aliphatic rings. The molecule has 1 aliphatic carbocycles. The minimum atomic E-state index is -0.538. The van der Waals surface area contributed by atoms with Crippen molar-refractivity contribution < 1.29 is 38.0 Å². The van der Waals surface area contributed by atoms with E-state index in [4.69, 9.17) is 33.2 Å². The zero-order chi connectivity index (χ0) is 25.4. The Morgan fingerprint density at radius 3 is 2.20 bits per heavy atom. The lowest BCUT2D eigenvalue weighted by molar-refractivity contribution is -0.157. The lowest BCUT2D eigenvalue weighted by Gasteiger charge is -2.35. The van der Waals surface area contributed by atoms with Gasteiger partial charge in [-0.25, -0.2) is 0 Å². The van der Waals surface area contributed by atoms with Crippen LogP contribution in [0, 0.1) is 17.8 Å². The first kappa shape index (κ1) is 24.8. The Kier molecular flexibility index (Phi) is 6.92. The maximum atomic E-state index is 12.8. The molecular weight excluding hydrogens is 452 g/mol. The molecule has 0 saturated heterocycles. The topological polar surface area (TPSA) is 81.7 Å². The number of hydrogen-bond donors (Lipinski definition) is 0. The first-order chi connectivity index (χ1) is 16.8. The summed E-state index contributed by atoms with van der Waals surface area (Å²) in [6.45, 7) is 7.99. The van der Waals surface area contributed by atoms with Gasteiger partial charge in [-0.3, -0.25) is 4.79 Å². The van der Waals surface area contributed by atoms with Gasteiger partial charge in [0, 0.05) is 22.6 Å². The molecule has 0 N–H and O–H groups in total. The van der Waals surface area contributed by atoms with Gasteiger partial charge in [0.2, 0.25) is 18.3 Å². The van der Waals surface area contributed by atoms with Crippen molar-refractivity contribution in [2.24, 2.45) is 17.8 Å². The van der Waals surface area contributed by atoms with Crippen molar-refractivity contribution in [2.75, 3.05) is 35.2 Å². The van der Waals surface area contributed by atoms with E-state index in [1.165, 1.54) is 0 Å². The molecule has 0 spiro atoms. The van der Waals surface area contributed by atoms with Gasteiger partial charge in [0.1, 0.15) is 6.10 Å². The van der Waals surface area contributed by atoms with Crippen LogP contribution in [0.2, 0.25) is 0 Å². The first-order valence-electron chi connectivity index (χ1n) is 11.8. The molecule has 1 aliphatic heterocycles. The second-order valence-electron chi connectivity index (χ2n) is 9.34. The predicted octanol–water partition coefficient (Wildman–Crippen LogP) is 5.19. The van der Waals surface area contributed by atoms with Crippen LogP contribution >= 0.6 is 0 Å². The molecule has 190 valence electrons. The Hall–Kier alpha value is -3.29. The van der Waals surface area contributed by atoms with E-state index in [0.717, 1.165) is 22.3 Å². The lowest BCUT2D eigenvalue weighted by atomic mass is 9.75. The quantitative estimate of drug-likeness (QED) is 0.517. The van der Waals surface area contributed by atoms with E-state index in [0.29, 0.717) is 40.9 Å². The van der Waals surface area contributed by atoms with E-state index < -0.39 is 6.10 Å². The predicted molar refractivity (Wildman–Crippen MR) is 130 cm³/mol. The average molecular weight is 487 g/mol. The molecule has 3 atom stereocenters. The Bertz CT molecular complexity index is 1120. The normalized spacial score (nSPS) is 20.3. The van der Waals surface area contributed by atoms with Gasteiger partial charge in [0.15, 0.2) is 23.0 Å². The van der Waals surface area contributed by atoms with Crippen molar-refractivity contribution in [3.8, 4) is 45.6 Å². The fraction of sp³-hybridized carbons (Fsp3) is 0.519. The monoisotopic (exact) mass is 486 g/mol. The standard InChI is InChI=1S/C27H34O8/c1-13(2)27(28)35-22-15(4)14(3)9-16-10-18(29-5)23(30-6)25(31-7)20(16)21-17(22)11-19-24(26(21)32-8)34-12-33-19/h10-11,13-15,22H,9,12H2,1-8H3/t14?,15-,22-/m1/s1. The Morgan fingerprint density at radius 1 is 0.914 bits per heavy atom. The summed E-state index contributed by atoms with van der Waals surface area (Å²) in [5.41, 5.74) is 3.29. The summed E-state index contributed by atoms with van der Waals surface area (Å²) in [6, 6.07) is 3.88. The van der Waals surface area contributed by atoms with Crippen LogP contribution in [-0.2, 0) is 16.0 Å². The van der Waals surface area contributed by atoms with Gasteiger partial charge in [-0.2, -0.15) is 0 Å². The van der Waals surface area contributed by atoms with E-state index in [2.05, 4.69) is 13.8 Å². The summed E-state index contributed by atoms with van der Waals surface area (Å²) in [6.07, 6.45) is 0.157. The minimum Gasteiger partial charge on any atom is -0.493 e. The van der Waals surface area contributed by atoms with Gasteiger partial charge >= 0.3 is 5.97 Å². The van der Waals surface area contributed by atoms with Crippen molar-refractivity contribution in [1.82, 2.24) is 0 Å². The molecule has 4 rings (SSSR count). The van der Waals surface area contributed by atoms with Crippen molar-refractivity contribution in [3.63, 3.8) is 0 Å². The zero-order valence-electron chi connectivity index (χ0n) is 21.6. The van der Waals surface area contributed by atoms with Gasteiger partial charge < -0.3 is 33.2 Å². The molecule has 2 aromatic rings. The van der Waals surface area contributed by atoms with Crippen molar-refractivity contribution >= 4 is 5.97 Å². The van der Waals surface area contributed by atoms with Crippen LogP contribution < -0.4 is 28.4 Å². The number of fused-ring (bicyclic) bond motifs is 4. The summed E-state index contributed by atoms with van der Waals surface area (Å²) in [5.74, 6) is 2.72. The molecular formula is C27H34O8. The van der Waals surface area contributed by atoms with Crippen LogP contribution in [0.1, 0.15) is 44.9 Å². The molecule has 0 saturated carbocycles. The summed E-state index contributed by atoms with van der Waals surface area (Å²) < 4.78 is 40.9. The van der Waals surface area contributed by atoms with E-state index in [9.17, 15) is 4.79 Å². The van der Waals surface area contributed by atoms with Crippen LogP contribution in [0.3, 0.4) is 0 Å². The van der Waals surface area contributed by atoms with E-state index in [1.54, 1.807) is 28.4 Å². The maximum absolute atomic E-state index is 12.8. The molecule has 0 amide bonds. The van der Waals surface area contributed by atoms with Gasteiger partial charge in [0.25, 0.3) is 0 Å². The molecule has 1 unspecified atom stereocenters. The van der Waals surface area contributed by atoms with E-state index in [1.807, 2.05) is 26.0 Å². The number of benzene rings is 2. The van der Waals surface area contributed by atoms with Crippen LogP contribution in [0.25, 0.3) is 11.1 Å². The van der Waals surface area contributed by atoms with Crippen LogP contribution in [-0.4, -0.2) is 41.2 Å². The Balaban J connectivity index is 2.13. The first-order valence-corrected chi connectivity index (χ1v) is 11.8. The highest BCUT2D eigenvalue weighted by molar-refractivity contribution is 5.89. The Labute approximate surface area is 206 Å². The van der Waals surface area contributed by atoms with Crippen LogP contribution in [0.15, 0.2) is 12.1 Å². The summed E-state index contributed by atoms with van der Waals surface area (Å²) in [7, 11) is 6.36. The van der Waals surface area contributed by atoms with Gasteiger partial charge in [-0.05, 0) is 30.0 Å². The van der Waals surface area contributed by atoms with Gasteiger partial charge in [-0.15, -0.1) is 0 Å².